The van der Waals surface area contributed by atoms with E-state index in [0.29, 0.717) is 12.1 Å². The van der Waals surface area contributed by atoms with Gasteiger partial charge in [-0.15, -0.1) is 6.58 Å². The molecule has 0 aliphatic rings. The first kappa shape index (κ1) is 17.9. The van der Waals surface area contributed by atoms with Crippen molar-refractivity contribution in [1.29, 1.82) is 0 Å². The van der Waals surface area contributed by atoms with Crippen molar-refractivity contribution >= 4 is 44.8 Å². The van der Waals surface area contributed by atoms with Gasteiger partial charge in [0, 0.05) is 34.6 Å². The van der Waals surface area contributed by atoms with Crippen LogP contribution in [0.4, 0.5) is 0 Å². The van der Waals surface area contributed by atoms with Gasteiger partial charge in [-0.2, -0.15) is 5.10 Å². The van der Waals surface area contributed by atoms with Crippen LogP contribution in [0.15, 0.2) is 95.1 Å². The number of nitrogens with one attached hydrogen (secondary N) is 1. The zero-order valence-electron chi connectivity index (χ0n) is 16.2. The average molecular weight is 393 g/mol. The summed E-state index contributed by atoms with van der Waals surface area (Å²) in [6, 6.07) is 21.7. The number of carbonyl (C=O) groups is 1. The molecule has 0 bridgehead atoms. The molecular weight excluding hydrogens is 374 g/mol. The van der Waals surface area contributed by atoms with Gasteiger partial charge in [0.05, 0.1) is 6.21 Å². The van der Waals surface area contributed by atoms with E-state index < -0.39 is 0 Å². The molecule has 2 heterocycles. The highest BCUT2D eigenvalue weighted by molar-refractivity contribution is 6.08. The lowest BCUT2D eigenvalue weighted by Crippen LogP contribution is -2.16. The standard InChI is InChI=1S/C25H19N3O2/c1-2-13-28-16-18(20-9-5-6-10-22(20)28)15-26-27-25(29)24-14-21-19-8-4-3-7-17(19)11-12-23(21)30-24/h2-12,14-16H,1,13H2,(H,27,29). The fourth-order valence-corrected chi connectivity index (χ4v) is 3.79. The molecule has 5 nitrogen and oxygen atoms in total. The van der Waals surface area contributed by atoms with Gasteiger partial charge in [-0.3, -0.25) is 4.79 Å². The summed E-state index contributed by atoms with van der Waals surface area (Å²) >= 11 is 0. The lowest BCUT2D eigenvalue weighted by Gasteiger charge is -1.98. The van der Waals surface area contributed by atoms with Crippen LogP contribution in [0.3, 0.4) is 0 Å². The van der Waals surface area contributed by atoms with E-state index in [1.807, 2.05) is 72.9 Å². The van der Waals surface area contributed by atoms with Crippen molar-refractivity contribution in [2.75, 3.05) is 0 Å². The summed E-state index contributed by atoms with van der Waals surface area (Å²) in [4.78, 5) is 12.6. The number of amides is 1. The van der Waals surface area contributed by atoms with Gasteiger partial charge < -0.3 is 8.98 Å². The number of hydrogen-bond donors (Lipinski definition) is 1. The van der Waals surface area contributed by atoms with E-state index in [0.717, 1.165) is 32.6 Å². The van der Waals surface area contributed by atoms with Crippen LogP contribution < -0.4 is 5.43 Å². The summed E-state index contributed by atoms with van der Waals surface area (Å²) in [5.41, 5.74) is 5.26. The minimum absolute atomic E-state index is 0.229. The van der Waals surface area contributed by atoms with E-state index in [2.05, 4.69) is 21.7 Å². The second-order valence-electron chi connectivity index (χ2n) is 7.05. The Morgan fingerprint density at radius 1 is 1.03 bits per heavy atom. The fourth-order valence-electron chi connectivity index (χ4n) is 3.79. The summed E-state index contributed by atoms with van der Waals surface area (Å²) < 4.78 is 7.84. The molecule has 30 heavy (non-hydrogen) atoms. The quantitative estimate of drug-likeness (QED) is 0.244. The smallest absolute Gasteiger partial charge is 0.307 e. The molecular formula is C25H19N3O2. The van der Waals surface area contributed by atoms with Gasteiger partial charge >= 0.3 is 5.91 Å². The number of carbonyl (C=O) groups excluding carboxylic acids is 1. The first-order valence-electron chi connectivity index (χ1n) is 9.68. The number of hydrogen-bond acceptors (Lipinski definition) is 3. The van der Waals surface area contributed by atoms with E-state index in [9.17, 15) is 4.79 Å². The molecule has 0 radical (unpaired) electrons. The van der Waals surface area contributed by atoms with E-state index in [4.69, 9.17) is 4.42 Å². The van der Waals surface area contributed by atoms with Crippen molar-refractivity contribution in [3.63, 3.8) is 0 Å². The van der Waals surface area contributed by atoms with Crippen molar-refractivity contribution in [2.45, 2.75) is 6.54 Å². The fraction of sp³-hybridized carbons (Fsp3) is 0.0400. The van der Waals surface area contributed by atoms with E-state index in [1.165, 1.54) is 0 Å². The molecule has 146 valence electrons. The number of nitrogens with zero attached hydrogens (tertiary/aromatic N) is 2. The summed E-state index contributed by atoms with van der Waals surface area (Å²) in [6.45, 7) is 4.51. The monoisotopic (exact) mass is 393 g/mol. The van der Waals surface area contributed by atoms with Gasteiger partial charge in [-0.1, -0.05) is 54.6 Å². The number of fused-ring (bicyclic) bond motifs is 4. The Balaban J connectivity index is 1.41. The van der Waals surface area contributed by atoms with Gasteiger partial charge in [-0.25, -0.2) is 5.43 Å². The van der Waals surface area contributed by atoms with Gasteiger partial charge in [-0.05, 0) is 29.0 Å². The minimum Gasteiger partial charge on any atom is -0.451 e. The lowest BCUT2D eigenvalue weighted by atomic mass is 10.1. The number of benzene rings is 3. The van der Waals surface area contributed by atoms with Crippen molar-refractivity contribution < 1.29 is 9.21 Å². The number of rotatable bonds is 5. The molecule has 0 spiro atoms. The Bertz CT molecular complexity index is 1440. The molecule has 0 fully saturated rings. The summed E-state index contributed by atoms with van der Waals surface area (Å²) in [5, 5.41) is 8.28. The third-order valence-corrected chi connectivity index (χ3v) is 5.16. The molecule has 0 unspecified atom stereocenters. The largest absolute Gasteiger partial charge is 0.451 e. The van der Waals surface area contributed by atoms with Crippen LogP contribution in [0.25, 0.3) is 32.6 Å². The maximum absolute atomic E-state index is 12.6. The van der Waals surface area contributed by atoms with Crippen molar-refractivity contribution in [2.24, 2.45) is 5.10 Å². The molecule has 1 amide bonds. The third-order valence-electron chi connectivity index (χ3n) is 5.16. The van der Waals surface area contributed by atoms with Gasteiger partial charge in [0.25, 0.3) is 0 Å². The molecule has 5 aromatic rings. The van der Waals surface area contributed by atoms with E-state index in [1.54, 1.807) is 12.3 Å². The highest BCUT2D eigenvalue weighted by Crippen LogP contribution is 2.28. The zero-order valence-corrected chi connectivity index (χ0v) is 16.2. The van der Waals surface area contributed by atoms with Crippen LogP contribution >= 0.6 is 0 Å². The molecule has 0 saturated heterocycles. The van der Waals surface area contributed by atoms with Crippen LogP contribution in [0.5, 0.6) is 0 Å². The predicted octanol–water partition coefficient (Wildman–Crippen LogP) is 5.49. The maximum atomic E-state index is 12.6. The highest BCUT2D eigenvalue weighted by atomic mass is 16.3. The number of furan rings is 1. The van der Waals surface area contributed by atoms with Crippen LogP contribution in [-0.4, -0.2) is 16.7 Å². The lowest BCUT2D eigenvalue weighted by molar-refractivity contribution is 0.0929. The predicted molar refractivity (Wildman–Crippen MR) is 121 cm³/mol. The SMILES string of the molecule is C=CCn1cc(C=NNC(=O)c2cc3c(ccc4ccccc43)o2)c2ccccc21. The second kappa shape index (κ2) is 7.37. The maximum Gasteiger partial charge on any atom is 0.307 e. The van der Waals surface area contributed by atoms with E-state index in [-0.39, 0.29) is 11.7 Å². The highest BCUT2D eigenvalue weighted by Gasteiger charge is 2.13. The topological polar surface area (TPSA) is 59.5 Å². The van der Waals surface area contributed by atoms with Crippen molar-refractivity contribution in [1.82, 2.24) is 9.99 Å². The van der Waals surface area contributed by atoms with Gasteiger partial charge in [0.1, 0.15) is 5.58 Å². The number of para-hydroxylation sites is 1. The van der Waals surface area contributed by atoms with Gasteiger partial charge in [0.15, 0.2) is 5.76 Å². The molecule has 5 heteroatoms. The Morgan fingerprint density at radius 3 is 2.70 bits per heavy atom. The van der Waals surface area contributed by atoms with Crippen LogP contribution in [0.2, 0.25) is 0 Å². The minimum atomic E-state index is -0.388. The Morgan fingerprint density at radius 2 is 1.83 bits per heavy atom. The number of aromatic nitrogens is 1. The normalized spacial score (nSPS) is 11.6. The molecule has 5 rings (SSSR count). The average Bonchev–Trinajstić information content (AvgIpc) is 3.37. The first-order valence-corrected chi connectivity index (χ1v) is 9.68. The molecule has 0 aliphatic heterocycles. The Labute approximate surface area is 172 Å². The molecule has 1 N–H and O–H groups in total. The van der Waals surface area contributed by atoms with Crippen molar-refractivity contribution in [3.05, 3.63) is 96.9 Å². The molecule has 0 aliphatic carbocycles. The molecule has 2 aromatic heterocycles. The Kier molecular flexibility index (Phi) is 4.41. The Hall–Kier alpha value is -4.12. The van der Waals surface area contributed by atoms with Crippen LogP contribution in [0.1, 0.15) is 16.1 Å². The third kappa shape index (κ3) is 3.06. The number of hydrazone groups is 1. The van der Waals surface area contributed by atoms with Crippen LogP contribution in [0, 0.1) is 0 Å². The molecule has 0 atom stereocenters. The van der Waals surface area contributed by atoms with Gasteiger partial charge in [0.2, 0.25) is 0 Å². The summed E-state index contributed by atoms with van der Waals surface area (Å²) in [7, 11) is 0. The molecule has 3 aromatic carbocycles. The summed E-state index contributed by atoms with van der Waals surface area (Å²) in [6.07, 6.45) is 5.49. The second-order valence-corrected chi connectivity index (χ2v) is 7.05. The number of allylic oxidation sites excluding steroid dienone is 1. The van der Waals surface area contributed by atoms with Crippen LogP contribution in [-0.2, 0) is 6.54 Å². The first-order chi connectivity index (χ1) is 14.7. The van der Waals surface area contributed by atoms with Crippen molar-refractivity contribution in [3.8, 4) is 0 Å². The molecule has 0 saturated carbocycles. The summed E-state index contributed by atoms with van der Waals surface area (Å²) in [5.74, 6) is -0.158. The zero-order chi connectivity index (χ0) is 20.5. The van der Waals surface area contributed by atoms with E-state index >= 15 is 0 Å².